The maximum absolute atomic E-state index is 11.9. The van der Waals surface area contributed by atoms with Crippen LogP contribution >= 0.6 is 11.8 Å². The molecule has 0 unspecified atom stereocenters. The van der Waals surface area contributed by atoms with Gasteiger partial charge >= 0.3 is 0 Å². The van der Waals surface area contributed by atoms with Gasteiger partial charge in [0, 0.05) is 25.0 Å². The van der Waals surface area contributed by atoms with Gasteiger partial charge in [0.15, 0.2) is 0 Å². The van der Waals surface area contributed by atoms with E-state index < -0.39 is 0 Å². The fourth-order valence-electron chi connectivity index (χ4n) is 2.26. The number of amides is 1. The molecule has 1 aliphatic heterocycles. The molecule has 0 aromatic heterocycles. The molecule has 4 nitrogen and oxygen atoms in total. The minimum atomic E-state index is 0.107. The highest BCUT2D eigenvalue weighted by Crippen LogP contribution is 2.29. The van der Waals surface area contributed by atoms with Gasteiger partial charge in [-0.05, 0) is 24.8 Å². The molecule has 1 aliphatic rings. The second-order valence-corrected chi connectivity index (χ2v) is 5.40. The Morgan fingerprint density at radius 3 is 2.84 bits per heavy atom. The van der Waals surface area contributed by atoms with Gasteiger partial charge in [0.2, 0.25) is 5.91 Å². The van der Waals surface area contributed by atoms with Crippen LogP contribution < -0.4 is 4.90 Å². The van der Waals surface area contributed by atoms with E-state index in [-0.39, 0.29) is 5.91 Å². The summed E-state index contributed by atoms with van der Waals surface area (Å²) in [5, 5.41) is 9.36. The molecular formula is C14H17N3OS. The van der Waals surface area contributed by atoms with Crippen molar-refractivity contribution in [2.75, 3.05) is 37.8 Å². The standard InChI is InChI=1S/C14H17N3OS/c1-16-7-4-8-17(10-14(16)18)12-5-3-6-13(19-2)11(12)9-15/h3,5-6H,4,7-8,10H2,1-2H3. The van der Waals surface area contributed by atoms with E-state index in [2.05, 4.69) is 6.07 Å². The van der Waals surface area contributed by atoms with Crippen LogP contribution in [0.2, 0.25) is 0 Å². The maximum atomic E-state index is 11.9. The predicted octanol–water partition coefficient (Wildman–Crippen LogP) is 1.95. The Labute approximate surface area is 118 Å². The van der Waals surface area contributed by atoms with Crippen molar-refractivity contribution < 1.29 is 4.79 Å². The van der Waals surface area contributed by atoms with Gasteiger partial charge in [-0.3, -0.25) is 4.79 Å². The zero-order valence-electron chi connectivity index (χ0n) is 11.2. The molecule has 0 aliphatic carbocycles. The number of hydrogen-bond donors (Lipinski definition) is 0. The molecule has 0 radical (unpaired) electrons. The predicted molar refractivity (Wildman–Crippen MR) is 77.4 cm³/mol. The summed E-state index contributed by atoms with van der Waals surface area (Å²) in [4.78, 5) is 16.7. The van der Waals surface area contributed by atoms with Crippen molar-refractivity contribution in [1.82, 2.24) is 4.90 Å². The molecule has 1 aromatic rings. The van der Waals surface area contributed by atoms with Crippen LogP contribution in [-0.2, 0) is 4.79 Å². The molecular weight excluding hydrogens is 258 g/mol. The average Bonchev–Trinajstić information content (AvgIpc) is 2.60. The molecule has 0 atom stereocenters. The molecule has 0 N–H and O–H groups in total. The fraction of sp³-hybridized carbons (Fsp3) is 0.429. The van der Waals surface area contributed by atoms with E-state index in [0.717, 1.165) is 30.1 Å². The molecule has 100 valence electrons. The highest BCUT2D eigenvalue weighted by atomic mass is 32.2. The number of thioether (sulfide) groups is 1. The van der Waals surface area contributed by atoms with Crippen molar-refractivity contribution in [2.45, 2.75) is 11.3 Å². The molecule has 2 rings (SSSR count). The number of carbonyl (C=O) groups excluding carboxylic acids is 1. The van der Waals surface area contributed by atoms with Crippen molar-refractivity contribution in [3.63, 3.8) is 0 Å². The first kappa shape index (κ1) is 13.8. The van der Waals surface area contributed by atoms with E-state index in [4.69, 9.17) is 0 Å². The number of nitrogens with zero attached hydrogens (tertiary/aromatic N) is 3. The topological polar surface area (TPSA) is 47.3 Å². The Hall–Kier alpha value is -1.67. The quantitative estimate of drug-likeness (QED) is 0.774. The summed E-state index contributed by atoms with van der Waals surface area (Å²) in [6.07, 6.45) is 2.89. The highest BCUT2D eigenvalue weighted by molar-refractivity contribution is 7.98. The van der Waals surface area contributed by atoms with Gasteiger partial charge in [0.05, 0.1) is 17.8 Å². The molecule has 1 heterocycles. The largest absolute Gasteiger partial charge is 0.361 e. The first-order chi connectivity index (χ1) is 9.17. The zero-order chi connectivity index (χ0) is 13.8. The van der Waals surface area contributed by atoms with Gasteiger partial charge in [-0.25, -0.2) is 0 Å². The molecule has 1 amide bonds. The van der Waals surface area contributed by atoms with Crippen LogP contribution in [-0.4, -0.2) is 43.7 Å². The van der Waals surface area contributed by atoms with Crippen LogP contribution in [0.3, 0.4) is 0 Å². The van der Waals surface area contributed by atoms with Gasteiger partial charge in [-0.1, -0.05) is 6.07 Å². The summed E-state index contributed by atoms with van der Waals surface area (Å²) in [6.45, 7) is 1.94. The maximum Gasteiger partial charge on any atom is 0.241 e. The molecule has 1 saturated heterocycles. The summed E-state index contributed by atoms with van der Waals surface area (Å²) in [5.41, 5.74) is 1.55. The van der Waals surface area contributed by atoms with Crippen molar-refractivity contribution >= 4 is 23.4 Å². The lowest BCUT2D eigenvalue weighted by Crippen LogP contribution is -2.34. The molecule has 19 heavy (non-hydrogen) atoms. The second kappa shape index (κ2) is 5.98. The number of carbonyl (C=O) groups is 1. The molecule has 0 saturated carbocycles. The smallest absolute Gasteiger partial charge is 0.241 e. The van der Waals surface area contributed by atoms with E-state index in [9.17, 15) is 10.1 Å². The molecule has 1 aromatic carbocycles. The number of anilines is 1. The normalized spacial score (nSPS) is 16.2. The van der Waals surface area contributed by atoms with Crippen LogP contribution in [0, 0.1) is 11.3 Å². The van der Waals surface area contributed by atoms with Crippen LogP contribution in [0.4, 0.5) is 5.69 Å². The van der Waals surface area contributed by atoms with Gasteiger partial charge in [0.1, 0.15) is 6.07 Å². The van der Waals surface area contributed by atoms with E-state index in [1.807, 2.05) is 36.4 Å². The SMILES string of the molecule is CSc1cccc(N2CCCN(C)C(=O)C2)c1C#N. The van der Waals surface area contributed by atoms with Gasteiger partial charge < -0.3 is 9.80 Å². The van der Waals surface area contributed by atoms with Crippen molar-refractivity contribution in [1.29, 1.82) is 5.26 Å². The number of hydrogen-bond acceptors (Lipinski definition) is 4. The summed E-state index contributed by atoms with van der Waals surface area (Å²) >= 11 is 1.56. The summed E-state index contributed by atoms with van der Waals surface area (Å²) in [5.74, 6) is 0.107. The first-order valence-electron chi connectivity index (χ1n) is 6.23. The third kappa shape index (κ3) is 2.85. The van der Waals surface area contributed by atoms with Crippen LogP contribution in [0.5, 0.6) is 0 Å². The Kier molecular flexibility index (Phi) is 4.33. The third-order valence-electron chi connectivity index (χ3n) is 3.35. The average molecular weight is 275 g/mol. The van der Waals surface area contributed by atoms with Crippen molar-refractivity contribution in [3.05, 3.63) is 23.8 Å². The van der Waals surface area contributed by atoms with Crippen LogP contribution in [0.15, 0.2) is 23.1 Å². The minimum absolute atomic E-state index is 0.107. The van der Waals surface area contributed by atoms with Crippen molar-refractivity contribution in [3.8, 4) is 6.07 Å². The Bertz CT molecular complexity index is 524. The van der Waals surface area contributed by atoms with E-state index in [0.29, 0.717) is 12.1 Å². The molecule has 0 bridgehead atoms. The lowest BCUT2D eigenvalue weighted by molar-refractivity contribution is -0.127. The number of nitriles is 1. The monoisotopic (exact) mass is 275 g/mol. The first-order valence-corrected chi connectivity index (χ1v) is 7.46. The number of benzene rings is 1. The number of likely N-dealkylation sites (N-methyl/N-ethyl adjacent to an activating group) is 1. The zero-order valence-corrected chi connectivity index (χ0v) is 12.0. The van der Waals surface area contributed by atoms with E-state index in [1.54, 1.807) is 16.7 Å². The van der Waals surface area contributed by atoms with Crippen LogP contribution in [0.1, 0.15) is 12.0 Å². The third-order valence-corrected chi connectivity index (χ3v) is 4.13. The highest BCUT2D eigenvalue weighted by Gasteiger charge is 2.21. The van der Waals surface area contributed by atoms with Crippen molar-refractivity contribution in [2.24, 2.45) is 0 Å². The van der Waals surface area contributed by atoms with Gasteiger partial charge in [-0.2, -0.15) is 5.26 Å². The number of rotatable bonds is 2. The van der Waals surface area contributed by atoms with E-state index >= 15 is 0 Å². The Morgan fingerprint density at radius 1 is 1.37 bits per heavy atom. The molecule has 1 fully saturated rings. The lowest BCUT2D eigenvalue weighted by atomic mass is 10.1. The summed E-state index contributed by atoms with van der Waals surface area (Å²) < 4.78 is 0. The Morgan fingerprint density at radius 2 is 2.16 bits per heavy atom. The molecule has 5 heteroatoms. The lowest BCUT2D eigenvalue weighted by Gasteiger charge is -2.23. The molecule has 0 spiro atoms. The Balaban J connectivity index is 2.36. The minimum Gasteiger partial charge on any atom is -0.361 e. The van der Waals surface area contributed by atoms with Gasteiger partial charge in [-0.15, -0.1) is 11.8 Å². The summed E-state index contributed by atoms with van der Waals surface area (Å²) in [6, 6.07) is 8.09. The van der Waals surface area contributed by atoms with E-state index in [1.165, 1.54) is 0 Å². The van der Waals surface area contributed by atoms with Crippen LogP contribution in [0.25, 0.3) is 0 Å². The second-order valence-electron chi connectivity index (χ2n) is 4.56. The van der Waals surface area contributed by atoms with Gasteiger partial charge in [0.25, 0.3) is 0 Å². The fourth-order valence-corrected chi connectivity index (χ4v) is 2.83. The summed E-state index contributed by atoms with van der Waals surface area (Å²) in [7, 11) is 1.83.